The number of ketones is 1. The molecule has 4 saturated heterocycles. The van der Waals surface area contributed by atoms with Gasteiger partial charge < -0.3 is 77.8 Å². The molecular weight excluding hydrogens is 1800 g/mol. The zero-order valence-corrected chi connectivity index (χ0v) is 78.9. The average molecular weight is 1910 g/mol. The van der Waals surface area contributed by atoms with Crippen LogP contribution in [0.1, 0.15) is 90.1 Å². The van der Waals surface area contributed by atoms with Gasteiger partial charge in [0.2, 0.25) is 17.0 Å². The van der Waals surface area contributed by atoms with Gasteiger partial charge in [-0.1, -0.05) is 6.07 Å². The molecular formula is C92H112ClN19O17Sn. The monoisotopic (exact) mass is 1910 g/mol. The van der Waals surface area contributed by atoms with Gasteiger partial charge in [-0.3, -0.25) is 34.1 Å². The molecule has 0 radical (unpaired) electrons. The summed E-state index contributed by atoms with van der Waals surface area (Å²) in [4.78, 5) is 124. The Labute approximate surface area is 764 Å². The predicted octanol–water partition coefficient (Wildman–Crippen LogP) is 9.28. The van der Waals surface area contributed by atoms with Crippen LogP contribution in [-0.2, 0) is 105 Å². The summed E-state index contributed by atoms with van der Waals surface area (Å²) < 4.78 is 65.1. The Morgan fingerprint density at radius 3 is 1.13 bits per heavy atom. The number of halogens is 1. The van der Waals surface area contributed by atoms with E-state index < -0.39 is 24.3 Å². The average Bonchev–Trinajstić information content (AvgIpc) is 1.61. The summed E-state index contributed by atoms with van der Waals surface area (Å²) in [6.07, 6.45) is 22.3. The molecule has 18 rings (SSSR count). The normalized spacial score (nSPS) is 14.9. The van der Waals surface area contributed by atoms with Crippen molar-refractivity contribution >= 4 is 86.3 Å². The van der Waals surface area contributed by atoms with Gasteiger partial charge >= 0.3 is 113 Å². The number of carboxylic acid groups (broad SMARTS) is 1. The van der Waals surface area contributed by atoms with E-state index in [4.69, 9.17) is 99.2 Å². The second-order valence-corrected chi connectivity index (χ2v) is 47.5. The van der Waals surface area contributed by atoms with Gasteiger partial charge in [-0.2, -0.15) is 0 Å². The summed E-state index contributed by atoms with van der Waals surface area (Å²) in [5, 5.41) is 9.34. The molecule has 0 aromatic carbocycles. The van der Waals surface area contributed by atoms with Gasteiger partial charge in [-0.05, 0) is 132 Å². The number of pyridine rings is 6. The number of aliphatic carboxylic acids is 1. The number of carbonyl (C=O) groups is 4. The maximum atomic E-state index is 12.8. The fraction of sp³-hybridized carbons (Fsp3) is 0.457. The van der Waals surface area contributed by atoms with Crippen molar-refractivity contribution in [3.05, 3.63) is 166 Å². The van der Waals surface area contributed by atoms with Gasteiger partial charge in [-0.15, -0.1) is 0 Å². The zero-order chi connectivity index (χ0) is 91.8. The molecule has 8 aliphatic rings. The third-order valence-corrected chi connectivity index (χ3v) is 26.9. The van der Waals surface area contributed by atoms with E-state index in [1.165, 1.54) is 3.71 Å². The minimum absolute atomic E-state index is 0.0726. The number of carboxylic acids is 1. The van der Waals surface area contributed by atoms with Gasteiger partial charge in [0.1, 0.15) is 95.5 Å². The molecule has 36 nitrogen and oxygen atoms in total. The molecule has 0 saturated carbocycles. The van der Waals surface area contributed by atoms with Crippen molar-refractivity contribution in [1.82, 2.24) is 69.8 Å². The number of Topliss-reactive ketones (excluding diaryl/α,β-unsaturated/α-hetero) is 1. The van der Waals surface area contributed by atoms with Crippen LogP contribution in [0, 0.1) is 0 Å². The number of rotatable bonds is 30. The molecule has 0 amide bonds. The van der Waals surface area contributed by atoms with Gasteiger partial charge in [0, 0.05) is 129 Å². The molecule has 38 heteroatoms. The number of methoxy groups -OCH3 is 2. The molecule has 10 aromatic rings. The van der Waals surface area contributed by atoms with Crippen LogP contribution >= 0.6 is 11.6 Å². The number of likely N-dealkylation sites (N-methyl/N-ethyl adjacent to an activating group) is 4. The quantitative estimate of drug-likeness (QED) is 0.0240. The van der Waals surface area contributed by atoms with Crippen molar-refractivity contribution in [3.8, 4) is 69.3 Å². The summed E-state index contributed by atoms with van der Waals surface area (Å²) in [6, 6.07) is 22.1. The van der Waals surface area contributed by atoms with Gasteiger partial charge in [0.05, 0.1) is 91.2 Å². The molecule has 4 fully saturated rings. The second kappa shape index (κ2) is 46.0. The fourth-order valence-corrected chi connectivity index (χ4v) is 18.0. The number of fused-ring (bicyclic) bond motifs is 4. The van der Waals surface area contributed by atoms with Crippen LogP contribution in [0.2, 0.25) is 20.1 Å². The number of aryl methyl sites for hydroxylation is 4. The van der Waals surface area contributed by atoms with E-state index in [2.05, 4.69) is 70.7 Å². The molecule has 4 aliphatic heterocycles. The number of nitrogens with zero attached hydrogens (tertiary/aromatic N) is 18. The molecule has 688 valence electrons. The summed E-state index contributed by atoms with van der Waals surface area (Å²) in [5.74, 6) is 7.43. The number of esters is 2. The molecule has 130 heavy (non-hydrogen) atoms. The molecule has 3 N–H and O–H groups in total. The Kier molecular flexibility index (Phi) is 33.8. The van der Waals surface area contributed by atoms with E-state index in [9.17, 15) is 19.2 Å². The Morgan fingerprint density at radius 1 is 0.438 bits per heavy atom. The van der Waals surface area contributed by atoms with Crippen LogP contribution in [-0.4, -0.2) is 276 Å². The molecule has 0 bridgehead atoms. The van der Waals surface area contributed by atoms with Gasteiger partial charge in [0.15, 0.2) is 23.3 Å². The number of anilines is 5. The molecule has 0 unspecified atom stereocenters. The number of hydrogen-bond acceptors (Lipinski definition) is 35. The van der Waals surface area contributed by atoms with Crippen molar-refractivity contribution in [2.75, 3.05) is 160 Å². The first-order valence-corrected chi connectivity index (χ1v) is 53.9. The van der Waals surface area contributed by atoms with Crippen LogP contribution in [0.25, 0.3) is 34.6 Å². The van der Waals surface area contributed by atoms with Crippen LogP contribution in [0.5, 0.6) is 34.8 Å². The molecule has 14 heterocycles. The van der Waals surface area contributed by atoms with Gasteiger partial charge in [-0.25, -0.2) is 49.8 Å². The Balaban J connectivity index is 0.000000138. The summed E-state index contributed by atoms with van der Waals surface area (Å²) in [5.41, 5.74) is 17.2. The van der Waals surface area contributed by atoms with Crippen LogP contribution in [0.15, 0.2) is 110 Å². The topological polar surface area (TPSA) is 419 Å². The number of ether oxygens (including phenoxy) is 12. The molecule has 4 aliphatic carbocycles. The summed E-state index contributed by atoms with van der Waals surface area (Å²) in [7, 11) is 10.4. The maximum absolute atomic E-state index is 12.8. The second-order valence-electron chi connectivity index (χ2n) is 32.9. The third kappa shape index (κ3) is 26.6. The Bertz CT molecular complexity index is 5520. The minimum atomic E-state index is -2.04. The van der Waals surface area contributed by atoms with E-state index in [0.717, 1.165) is 176 Å². The Morgan fingerprint density at radius 2 is 0.792 bits per heavy atom. The van der Waals surface area contributed by atoms with Crippen molar-refractivity contribution in [2.24, 2.45) is 0 Å². The van der Waals surface area contributed by atoms with Crippen molar-refractivity contribution < 1.29 is 81.1 Å². The molecule has 10 aromatic heterocycles. The first-order valence-electron chi connectivity index (χ1n) is 43.5. The van der Waals surface area contributed by atoms with Crippen LogP contribution in [0.4, 0.5) is 29.0 Å². The fourth-order valence-electron chi connectivity index (χ4n) is 14.8. The van der Waals surface area contributed by atoms with Crippen molar-refractivity contribution in [2.45, 2.75) is 137 Å². The van der Waals surface area contributed by atoms with E-state index in [1.807, 2.05) is 79.6 Å². The zero-order valence-electron chi connectivity index (χ0n) is 75.3. The van der Waals surface area contributed by atoms with Crippen molar-refractivity contribution in [1.29, 1.82) is 0 Å². The number of carbonyl (C=O) groups excluding carboxylic acids is 3. The number of nitrogens with two attached hydrogens (primary N) is 1. The van der Waals surface area contributed by atoms with E-state index in [0.29, 0.717) is 123 Å². The number of aromatic nitrogens is 14. The molecule has 0 spiro atoms. The first kappa shape index (κ1) is 95.6. The summed E-state index contributed by atoms with van der Waals surface area (Å²) >= 11 is 3.86. The van der Waals surface area contributed by atoms with Crippen molar-refractivity contribution in [3.63, 3.8) is 0 Å². The van der Waals surface area contributed by atoms with Crippen LogP contribution in [0.3, 0.4) is 0 Å². The number of nitrogen functional groups attached to an aromatic ring is 1. The standard InChI is InChI=1S/C25H27N5O4.C20H24N4O4.C18H20N4O4.C12H16ClN3O2.C8H8NO2.C6H8N2O.3CH3.Sn/c1-30(13-17(31)10-16-6-7-23(32-2)27-12-16)25-20-4-3-5-21(20)28-24(29-25)22-11-18(8-9-26-22)34-19-14-33-15-19;1-3-27-18(25)10-24(2)20-15-5-4-6-16(15)22-19(23-20)17-9-13(7-8-21-17)28-14-11-26-12-14;1-22(8-16(23)24)18-13-3-2-4-14(13)20-17(21-18)15-7-11(5-6-19-15)26-12-9-25-10-12;1-3-18-10(17)7-16(2)11-8-5-4-6-9(8)14-12(13)15-11;1-3-9-4-2-7(1)11-8-5-10-6-8;1-9-6-3-2-5(7)4-8-6;;;;/h6-9,11-12,19H,3-5,10,13-15H2,1-2H3;7-9,14H,3-6,10-12H2,1-2H3;5-7,12H,2-4,8-10H2,1H3,(H,23,24);3-7H2,1-2H3;1-3,8H,5-6H2;2-4H,7H2,1H3;3*1H3;. The van der Waals surface area contributed by atoms with E-state index in [1.54, 1.807) is 100 Å². The Hall–Kier alpha value is -12.0. The predicted molar refractivity (Wildman–Crippen MR) is 488 cm³/mol. The third-order valence-electron chi connectivity index (χ3n) is 21.6. The molecule has 0 atom stereocenters. The van der Waals surface area contributed by atoms with Gasteiger partial charge in [0.25, 0.3) is 0 Å². The van der Waals surface area contributed by atoms with E-state index >= 15 is 0 Å². The summed E-state index contributed by atoms with van der Waals surface area (Å²) in [6.45, 7) is 9.83. The van der Waals surface area contributed by atoms with Crippen LogP contribution < -0.4 is 57.5 Å². The number of hydrogen-bond donors (Lipinski definition) is 2. The first-order chi connectivity index (χ1) is 62.8. The van der Waals surface area contributed by atoms with E-state index in [-0.39, 0.29) is 73.6 Å². The SMILES string of the molecule is CCOC(=O)CN(C)c1nc(-c2cc(OC3COC3)ccn2)nc2c1CCC2.CCOC(=O)CN(C)c1nc(Cl)nc2c1CCC2.CN(CC(=O)O)c1nc(-c2cc(OC3COC3)ccn2)nc2c1CCC2.COc1ccc(CC(=O)CN(C)c2nc(-c3cc(OC4COC4)ccn3)nc3c2CCC3)cn1.COc1ccc(N)cn1.[CH3][Sn]([CH3])([CH3])[c]1cc(OC2COC2)ccn1.